The van der Waals surface area contributed by atoms with Crippen LogP contribution in [-0.2, 0) is 16.1 Å². The van der Waals surface area contributed by atoms with E-state index < -0.39 is 6.04 Å². The van der Waals surface area contributed by atoms with Gasteiger partial charge in [-0.2, -0.15) is 5.10 Å². The van der Waals surface area contributed by atoms with Crippen molar-refractivity contribution in [3.8, 4) is 22.8 Å². The molecule has 5 aliphatic rings. The third-order valence-electron chi connectivity index (χ3n) is 13.2. The Morgan fingerprint density at radius 3 is 2.34 bits per heavy atom. The van der Waals surface area contributed by atoms with Crippen LogP contribution in [0.3, 0.4) is 0 Å². The molecule has 2 aromatic heterocycles. The molecule has 5 aliphatic heterocycles. The van der Waals surface area contributed by atoms with Gasteiger partial charge >= 0.3 is 0 Å². The number of amides is 3. The molecule has 3 N–H and O–H groups in total. The van der Waals surface area contributed by atoms with E-state index in [4.69, 9.17) is 15.6 Å². The number of hydrogen-bond donors (Lipinski definition) is 2. The lowest BCUT2D eigenvalue weighted by molar-refractivity contribution is -0.136. The summed E-state index contributed by atoms with van der Waals surface area (Å²) in [5.74, 6) is 1.89. The topological polar surface area (TPSA) is 155 Å². The van der Waals surface area contributed by atoms with Crippen molar-refractivity contribution in [2.75, 3.05) is 56.4 Å². The molecule has 0 radical (unpaired) electrons. The lowest BCUT2D eigenvalue weighted by atomic mass is 9.95. The molecular formula is C45H50N10O4. The van der Waals surface area contributed by atoms with Crippen LogP contribution in [0, 0.1) is 5.92 Å². The number of hydrogen-bond acceptors (Lipinski definition) is 11. The maximum Gasteiger partial charge on any atom is 0.255 e. The van der Waals surface area contributed by atoms with Gasteiger partial charge in [-0.1, -0.05) is 18.2 Å². The zero-order chi connectivity index (χ0) is 40.0. The largest absolute Gasteiger partial charge is 0.457 e. The third kappa shape index (κ3) is 7.39. The number of para-hydroxylation sites is 1. The van der Waals surface area contributed by atoms with Crippen molar-refractivity contribution in [3.05, 3.63) is 90.3 Å². The molecule has 2 unspecified atom stereocenters. The van der Waals surface area contributed by atoms with Gasteiger partial charge < -0.3 is 25.2 Å². The molecule has 0 aliphatic carbocycles. The van der Waals surface area contributed by atoms with E-state index >= 15 is 0 Å². The summed E-state index contributed by atoms with van der Waals surface area (Å²) in [7, 11) is 0. The molecule has 0 bridgehead atoms. The Labute approximate surface area is 343 Å². The van der Waals surface area contributed by atoms with E-state index in [9.17, 15) is 14.4 Å². The fourth-order valence-electron chi connectivity index (χ4n) is 10.0. The molecule has 59 heavy (non-hydrogen) atoms. The minimum atomic E-state index is -0.589. The van der Waals surface area contributed by atoms with Gasteiger partial charge in [0.05, 0.1) is 11.4 Å². The summed E-state index contributed by atoms with van der Waals surface area (Å²) < 4.78 is 8.12. The summed E-state index contributed by atoms with van der Waals surface area (Å²) in [6, 6.07) is 24.0. The summed E-state index contributed by atoms with van der Waals surface area (Å²) in [4.78, 5) is 55.8. The van der Waals surface area contributed by atoms with Crippen LogP contribution < -0.4 is 20.7 Å². The van der Waals surface area contributed by atoms with Crippen LogP contribution in [-0.4, -0.2) is 110 Å². The van der Waals surface area contributed by atoms with Gasteiger partial charge in [-0.15, -0.1) is 0 Å². The predicted molar refractivity (Wildman–Crippen MR) is 224 cm³/mol. The van der Waals surface area contributed by atoms with Gasteiger partial charge in [0.2, 0.25) is 11.8 Å². The summed E-state index contributed by atoms with van der Waals surface area (Å²) in [5, 5.41) is 8.34. The van der Waals surface area contributed by atoms with Gasteiger partial charge in [-0.05, 0) is 111 Å². The van der Waals surface area contributed by atoms with Crippen molar-refractivity contribution < 1.29 is 19.1 Å². The number of likely N-dealkylation sites (tertiary alicyclic amines) is 2. The molecule has 7 heterocycles. The molecule has 304 valence electrons. The monoisotopic (exact) mass is 794 g/mol. The molecule has 2 atom stereocenters. The first kappa shape index (κ1) is 37.4. The predicted octanol–water partition coefficient (Wildman–Crippen LogP) is 5.26. The Morgan fingerprint density at radius 1 is 0.797 bits per heavy atom. The minimum absolute atomic E-state index is 0.122. The van der Waals surface area contributed by atoms with Crippen molar-refractivity contribution in [1.29, 1.82) is 0 Å². The lowest BCUT2D eigenvalue weighted by Gasteiger charge is -2.37. The summed E-state index contributed by atoms with van der Waals surface area (Å²) in [6.07, 6.45) is 7.68. The van der Waals surface area contributed by atoms with E-state index in [1.807, 2.05) is 60.7 Å². The number of nitrogens with zero attached hydrogens (tertiary/aromatic N) is 8. The number of nitrogens with one attached hydrogen (secondary N) is 1. The lowest BCUT2D eigenvalue weighted by Crippen LogP contribution is -2.52. The molecule has 3 aromatic carbocycles. The van der Waals surface area contributed by atoms with Crippen LogP contribution in [0.4, 0.5) is 11.5 Å². The highest BCUT2D eigenvalue weighted by atomic mass is 16.5. The highest BCUT2D eigenvalue weighted by Gasteiger charge is 2.40. The van der Waals surface area contributed by atoms with E-state index in [-0.39, 0.29) is 30.2 Å². The zero-order valence-corrected chi connectivity index (χ0v) is 33.2. The Kier molecular flexibility index (Phi) is 9.97. The van der Waals surface area contributed by atoms with Crippen molar-refractivity contribution >= 4 is 40.3 Å². The van der Waals surface area contributed by atoms with Crippen LogP contribution in [0.1, 0.15) is 66.9 Å². The van der Waals surface area contributed by atoms with Crippen molar-refractivity contribution in [1.82, 2.24) is 39.8 Å². The maximum atomic E-state index is 13.2. The number of fused-ring (bicyclic) bond motifs is 2. The molecular weight excluding hydrogens is 745 g/mol. The number of ether oxygens (including phenoxy) is 1. The quantitative estimate of drug-likeness (QED) is 0.188. The Morgan fingerprint density at radius 2 is 1.56 bits per heavy atom. The Bertz CT molecular complexity index is 2370. The SMILES string of the molecule is Nc1ncnc2c1c(-c1ccc(Oc3ccccc3)cc1)nn2C1CCN(C2CCN(CC3CCN(c4ccc5c(c4)CN(C4CCC(=O)NC4=O)C5=O)CC3)C2)CC1. The highest BCUT2D eigenvalue weighted by Crippen LogP contribution is 2.37. The molecule has 4 saturated heterocycles. The average Bonchev–Trinajstić information content (AvgIpc) is 3.98. The molecule has 3 amide bonds. The molecule has 10 rings (SSSR count). The number of benzene rings is 3. The summed E-state index contributed by atoms with van der Waals surface area (Å²) in [6.45, 7) is 7.86. The summed E-state index contributed by atoms with van der Waals surface area (Å²) >= 11 is 0. The van der Waals surface area contributed by atoms with Crippen LogP contribution in [0.2, 0.25) is 0 Å². The highest BCUT2D eigenvalue weighted by molar-refractivity contribution is 6.05. The van der Waals surface area contributed by atoms with Crippen LogP contribution in [0.15, 0.2) is 79.1 Å². The van der Waals surface area contributed by atoms with E-state index in [0.717, 1.165) is 117 Å². The second kappa shape index (κ2) is 15.7. The number of carbonyl (C=O) groups excluding carboxylic acids is 3. The smallest absolute Gasteiger partial charge is 0.255 e. The van der Waals surface area contributed by atoms with E-state index in [0.29, 0.717) is 36.3 Å². The number of carbonyl (C=O) groups is 3. The molecule has 14 heteroatoms. The summed E-state index contributed by atoms with van der Waals surface area (Å²) in [5.41, 5.74) is 11.8. The van der Waals surface area contributed by atoms with E-state index in [2.05, 4.69) is 46.8 Å². The number of nitrogen functional groups attached to an aromatic ring is 1. The molecule has 0 spiro atoms. The first-order chi connectivity index (χ1) is 28.8. The normalized spacial score (nSPS) is 22.3. The maximum absolute atomic E-state index is 13.2. The first-order valence-electron chi connectivity index (χ1n) is 21.2. The minimum Gasteiger partial charge on any atom is -0.457 e. The molecule has 5 aromatic rings. The Hall–Kier alpha value is -5.86. The number of nitrogens with two attached hydrogens (primary N) is 1. The number of aromatic nitrogens is 4. The Balaban J connectivity index is 0.716. The second-order valence-electron chi connectivity index (χ2n) is 16.8. The van der Waals surface area contributed by atoms with E-state index in [1.54, 1.807) is 11.2 Å². The average molecular weight is 795 g/mol. The number of anilines is 2. The fraction of sp³-hybridized carbons (Fsp3) is 0.422. The van der Waals surface area contributed by atoms with Gasteiger partial charge in [0, 0.05) is 75.1 Å². The molecule has 14 nitrogen and oxygen atoms in total. The van der Waals surface area contributed by atoms with Crippen molar-refractivity contribution in [3.63, 3.8) is 0 Å². The van der Waals surface area contributed by atoms with Crippen molar-refractivity contribution in [2.45, 2.75) is 69.6 Å². The van der Waals surface area contributed by atoms with Crippen LogP contribution in [0.5, 0.6) is 11.5 Å². The molecule has 0 saturated carbocycles. The van der Waals surface area contributed by atoms with Gasteiger partial charge in [0.1, 0.15) is 35.4 Å². The van der Waals surface area contributed by atoms with Gasteiger partial charge in [0.15, 0.2) is 5.65 Å². The second-order valence-corrected chi connectivity index (χ2v) is 16.8. The van der Waals surface area contributed by atoms with Crippen molar-refractivity contribution in [2.24, 2.45) is 5.92 Å². The fourth-order valence-corrected chi connectivity index (χ4v) is 10.0. The van der Waals surface area contributed by atoms with Gasteiger partial charge in [-0.3, -0.25) is 24.6 Å². The number of rotatable bonds is 9. The zero-order valence-electron chi connectivity index (χ0n) is 33.2. The van der Waals surface area contributed by atoms with E-state index in [1.165, 1.54) is 6.42 Å². The van der Waals surface area contributed by atoms with Gasteiger partial charge in [0.25, 0.3) is 5.91 Å². The third-order valence-corrected chi connectivity index (χ3v) is 13.2. The van der Waals surface area contributed by atoms with Crippen LogP contribution in [0.25, 0.3) is 22.3 Å². The number of imide groups is 1. The first-order valence-corrected chi connectivity index (χ1v) is 21.2. The number of piperidine rings is 3. The van der Waals surface area contributed by atoms with Gasteiger partial charge in [-0.25, -0.2) is 14.6 Å². The van der Waals surface area contributed by atoms with Crippen LogP contribution >= 0.6 is 0 Å². The standard InChI is InChI=1S/C45H50N10O4/c46-42-40-41(30-6-9-36(10-7-30)59-35-4-2-1-3-5-35)50-55(43(40)48-28-47-42)32-17-22-53(23-18-32)34-16-19-51(27-34)25-29-14-20-52(21-15-29)33-8-11-37-31(24-33)26-54(45(37)58)38-12-13-39(56)49-44(38)57/h1-11,24,28-29,32,34,38H,12-23,25-27H2,(H2,46,47,48)(H,49,56,57). The molecule has 4 fully saturated rings.